The molecule has 0 saturated carbocycles. The van der Waals surface area contributed by atoms with Gasteiger partial charge in [-0.1, -0.05) is 12.1 Å². The van der Waals surface area contributed by atoms with E-state index in [0.29, 0.717) is 21.1 Å². The third-order valence-corrected chi connectivity index (χ3v) is 10.9. The van der Waals surface area contributed by atoms with Gasteiger partial charge in [0.2, 0.25) is 0 Å². The fourth-order valence-electron chi connectivity index (χ4n) is 5.89. The van der Waals surface area contributed by atoms with Gasteiger partial charge in [-0.3, -0.25) is 0 Å². The Balaban J connectivity index is 0.000000169. The molecule has 2 aliphatic heterocycles. The lowest BCUT2D eigenvalue weighted by atomic mass is 9.79. The third kappa shape index (κ3) is 8.76. The van der Waals surface area contributed by atoms with Crippen molar-refractivity contribution >= 4 is 47.3 Å². The molecule has 2 fully saturated rings. The average Bonchev–Trinajstić information content (AvgIpc) is 3.93. The van der Waals surface area contributed by atoms with Gasteiger partial charge in [0.05, 0.1) is 33.5 Å². The van der Waals surface area contributed by atoms with Crippen molar-refractivity contribution in [2.45, 2.75) is 84.6 Å². The van der Waals surface area contributed by atoms with E-state index in [-0.39, 0.29) is 53.0 Å². The zero-order chi connectivity index (χ0) is 43.9. The SMILES string of the molecule is CB1OC(C)(C)C(C)(C)O1.CC1(C)OB(c2cnc(N)c(-c3nnnn3-c3cccc(F)c3F)c2)OC1(C)C.Nc1ncc(Br)cc1-c1nnnn1-c1cccc(F)c1F. The van der Waals surface area contributed by atoms with Crippen LogP contribution in [0, 0.1) is 23.3 Å². The van der Waals surface area contributed by atoms with E-state index in [0.717, 1.165) is 21.5 Å². The van der Waals surface area contributed by atoms with Gasteiger partial charge in [0.1, 0.15) is 23.0 Å². The Kier molecular flexibility index (Phi) is 12.2. The predicted molar refractivity (Wildman–Crippen MR) is 219 cm³/mol. The van der Waals surface area contributed by atoms with E-state index in [9.17, 15) is 17.6 Å². The second-order valence-electron chi connectivity index (χ2n) is 15.7. The normalized spacial score (nSPS) is 17.2. The van der Waals surface area contributed by atoms with Gasteiger partial charge < -0.3 is 30.1 Å². The Morgan fingerprint density at radius 2 is 1.03 bits per heavy atom. The number of benzene rings is 2. The molecule has 0 unspecified atom stereocenters. The number of tetrazole rings is 2. The maximum absolute atomic E-state index is 14.3. The summed E-state index contributed by atoms with van der Waals surface area (Å²) in [5.74, 6) is -3.56. The topological polar surface area (TPSA) is 202 Å². The van der Waals surface area contributed by atoms with E-state index >= 15 is 0 Å². The molecular weight excluding hydrogens is 854 g/mol. The first-order chi connectivity index (χ1) is 28.0. The molecule has 8 rings (SSSR count). The Hall–Kier alpha value is -5.35. The molecule has 0 radical (unpaired) electrons. The second-order valence-corrected chi connectivity index (χ2v) is 16.6. The highest BCUT2D eigenvalue weighted by Gasteiger charge is 2.52. The van der Waals surface area contributed by atoms with Crippen molar-refractivity contribution in [3.63, 3.8) is 0 Å². The number of pyridine rings is 2. The van der Waals surface area contributed by atoms with E-state index in [1.165, 1.54) is 36.7 Å². The maximum Gasteiger partial charge on any atom is 0.496 e. The Morgan fingerprint density at radius 1 is 0.617 bits per heavy atom. The van der Waals surface area contributed by atoms with E-state index in [4.69, 9.17) is 30.1 Å². The molecular formula is C37H41B2BrF4N12O4. The van der Waals surface area contributed by atoms with Crippen molar-refractivity contribution in [2.24, 2.45) is 0 Å². The minimum atomic E-state index is -1.07. The van der Waals surface area contributed by atoms with Crippen LogP contribution in [-0.2, 0) is 18.6 Å². The van der Waals surface area contributed by atoms with Gasteiger partial charge in [0, 0.05) is 22.3 Å². The van der Waals surface area contributed by atoms with Gasteiger partial charge in [0.25, 0.3) is 0 Å². The van der Waals surface area contributed by atoms with Crippen molar-refractivity contribution in [3.8, 4) is 34.2 Å². The molecule has 6 heterocycles. The quantitative estimate of drug-likeness (QED) is 0.152. The van der Waals surface area contributed by atoms with Gasteiger partial charge in [-0.15, -0.1) is 10.2 Å². The Morgan fingerprint density at radius 3 is 1.47 bits per heavy atom. The van der Waals surface area contributed by atoms with E-state index in [1.807, 2.05) is 34.5 Å². The molecule has 0 bridgehead atoms. The summed E-state index contributed by atoms with van der Waals surface area (Å²) in [6.07, 6.45) is 3.05. The summed E-state index contributed by atoms with van der Waals surface area (Å²) in [6, 6.07) is 10.8. The average molecular weight is 895 g/mol. The van der Waals surface area contributed by atoms with Crippen LogP contribution in [0.25, 0.3) is 34.2 Å². The molecule has 0 aliphatic carbocycles. The standard InChI is InChI=1S/C18H19BF2N6O2.C12H7BrF2N6.C7H15BO2/c1-17(2)18(3,4)29-19(28-17)10-8-11(15(22)23-9-10)16-24-25-26-27(16)13-7-5-6-12(20)14(13)21;13-6-4-7(11(16)17-5-6)12-18-19-20-21(12)9-3-1-2-8(14)10(9)15;1-6(2)7(3,4)10-8(5)9-6/h5-9H,1-4H3,(H2,22,23);1-5H,(H2,16,17);1-5H3. The summed E-state index contributed by atoms with van der Waals surface area (Å²) in [7, 11) is -0.743. The van der Waals surface area contributed by atoms with Gasteiger partial charge in [-0.2, -0.15) is 9.36 Å². The number of halogens is 5. The smallest absolute Gasteiger partial charge is 0.403 e. The van der Waals surface area contributed by atoms with Gasteiger partial charge >= 0.3 is 14.2 Å². The van der Waals surface area contributed by atoms with Crippen molar-refractivity contribution in [2.75, 3.05) is 11.5 Å². The molecule has 60 heavy (non-hydrogen) atoms. The first-order valence-corrected chi connectivity index (χ1v) is 19.2. The molecule has 23 heteroatoms. The van der Waals surface area contributed by atoms with Crippen LogP contribution in [0.5, 0.6) is 0 Å². The lowest BCUT2D eigenvalue weighted by Gasteiger charge is -2.32. The molecule has 2 aromatic carbocycles. The zero-order valence-corrected chi connectivity index (χ0v) is 35.7. The molecule has 4 N–H and O–H groups in total. The van der Waals surface area contributed by atoms with Crippen molar-refractivity contribution in [1.82, 2.24) is 50.4 Å². The molecule has 0 spiro atoms. The van der Waals surface area contributed by atoms with E-state index in [2.05, 4.69) is 84.6 Å². The largest absolute Gasteiger partial charge is 0.496 e. The first kappa shape index (κ1) is 44.2. The summed E-state index contributed by atoms with van der Waals surface area (Å²) in [5.41, 5.74) is 11.5. The molecule has 6 aromatic rings. The van der Waals surface area contributed by atoms with Gasteiger partial charge in [-0.25, -0.2) is 27.5 Å². The van der Waals surface area contributed by atoms with Crippen LogP contribution in [0.4, 0.5) is 29.2 Å². The van der Waals surface area contributed by atoms with Crippen molar-refractivity contribution in [1.29, 1.82) is 0 Å². The number of nitrogens with two attached hydrogens (primary N) is 2. The summed E-state index contributed by atoms with van der Waals surface area (Å²) >= 11 is 3.26. The van der Waals surface area contributed by atoms with E-state index < -0.39 is 41.6 Å². The highest BCUT2D eigenvalue weighted by Crippen LogP contribution is 2.38. The van der Waals surface area contributed by atoms with Crippen LogP contribution < -0.4 is 16.9 Å². The fourth-order valence-corrected chi connectivity index (χ4v) is 6.22. The number of nitrogen functional groups attached to an aromatic ring is 2. The molecule has 0 atom stereocenters. The van der Waals surface area contributed by atoms with Crippen molar-refractivity contribution in [3.05, 3.63) is 88.7 Å². The summed E-state index contributed by atoms with van der Waals surface area (Å²) in [6.45, 7) is 17.9. The van der Waals surface area contributed by atoms with E-state index in [1.54, 1.807) is 12.1 Å². The van der Waals surface area contributed by atoms with Crippen LogP contribution in [0.2, 0.25) is 6.82 Å². The van der Waals surface area contributed by atoms with Crippen LogP contribution in [0.3, 0.4) is 0 Å². The summed E-state index contributed by atoms with van der Waals surface area (Å²) in [4.78, 5) is 8.15. The number of anilines is 2. The number of rotatable bonds is 5. The lowest BCUT2D eigenvalue weighted by Crippen LogP contribution is -2.41. The molecule has 314 valence electrons. The Labute approximate surface area is 351 Å². The maximum atomic E-state index is 14.3. The third-order valence-electron chi connectivity index (χ3n) is 10.5. The van der Waals surface area contributed by atoms with Gasteiger partial charge in [-0.05, 0) is 135 Å². The van der Waals surface area contributed by atoms with Crippen molar-refractivity contribution < 1.29 is 36.2 Å². The Bertz CT molecular complexity index is 2480. The monoisotopic (exact) mass is 894 g/mol. The fraction of sp³-hybridized carbons (Fsp3) is 0.351. The summed E-state index contributed by atoms with van der Waals surface area (Å²) < 4.78 is 81.1. The van der Waals surface area contributed by atoms with Gasteiger partial charge in [0.15, 0.2) is 34.9 Å². The molecule has 2 aliphatic rings. The molecule has 16 nitrogen and oxygen atoms in total. The minimum Gasteiger partial charge on any atom is -0.403 e. The number of aromatic nitrogens is 10. The van der Waals surface area contributed by atoms with Crippen LogP contribution >= 0.6 is 15.9 Å². The predicted octanol–water partition coefficient (Wildman–Crippen LogP) is 5.94. The zero-order valence-electron chi connectivity index (χ0n) is 34.1. The molecule has 2 saturated heterocycles. The minimum absolute atomic E-state index is 0.0648. The highest BCUT2D eigenvalue weighted by atomic mass is 79.9. The number of nitrogens with zero attached hydrogens (tertiary/aromatic N) is 10. The lowest BCUT2D eigenvalue weighted by molar-refractivity contribution is 0.00578. The first-order valence-electron chi connectivity index (χ1n) is 18.4. The molecule has 4 aromatic heterocycles. The van der Waals surface area contributed by atoms with Crippen LogP contribution in [0.15, 0.2) is 65.4 Å². The molecule has 0 amide bonds. The van der Waals surface area contributed by atoms with Crippen LogP contribution in [-0.4, -0.2) is 87.0 Å². The number of hydrogen-bond donors (Lipinski definition) is 2. The number of hydrogen-bond acceptors (Lipinski definition) is 14. The summed E-state index contributed by atoms with van der Waals surface area (Å²) in [5, 5.41) is 22.3. The van der Waals surface area contributed by atoms with Crippen LogP contribution in [0.1, 0.15) is 55.4 Å². The second kappa shape index (κ2) is 16.6. The highest BCUT2D eigenvalue weighted by molar-refractivity contribution is 9.10.